The number of nitro groups is 1. The summed E-state index contributed by atoms with van der Waals surface area (Å²) in [4.78, 5) is 162. The molecule has 1 atom stereocenters. The van der Waals surface area contributed by atoms with Gasteiger partial charge >= 0.3 is 18.3 Å². The second-order valence-corrected chi connectivity index (χ2v) is 34.8. The highest BCUT2D eigenvalue weighted by Crippen LogP contribution is 2.48. The van der Waals surface area contributed by atoms with E-state index in [0.717, 1.165) is 19.4 Å². The van der Waals surface area contributed by atoms with Gasteiger partial charge in [0.2, 0.25) is 47.0 Å². The molecule has 31 nitrogen and oxygen atoms in total. The number of amides is 11. The number of anilines is 2. The highest BCUT2D eigenvalue weighted by molar-refractivity contribution is 6.03. The van der Waals surface area contributed by atoms with E-state index in [4.69, 9.17) is 18.9 Å². The lowest BCUT2D eigenvalue weighted by Crippen LogP contribution is -2.47. The summed E-state index contributed by atoms with van der Waals surface area (Å²) in [6.07, 6.45) is 13.5. The van der Waals surface area contributed by atoms with Gasteiger partial charge in [-0.25, -0.2) is 14.4 Å². The van der Waals surface area contributed by atoms with Crippen molar-refractivity contribution in [3.05, 3.63) is 124 Å². The standard InChI is InChI=1S/C90H134N14O17/c1-16-74(105)91-50-25-17-19-42-78(109)98-67(82(112)96-54-32-53-93-75(106)41-20-18-28-61-102-69-38-24-22-36-66(69)90(13,14)73(102)40-31-39-72-89(11,12)65-35-21-23-37-68(65)99(72)15)43-48-80(111)103-62-49-64-71(45-44-70(81(64)103)104(116)117)118-63-79(110)95-52-27-26-51-92-76(107)46-47-77(108)94-55-33-59-100(84(114)120-87(5,6)7)57-29-30-58-101(85(115)121-88(8,9)10)60-34-56-97-83(113)119-86(2,3)4/h16,21-24,31,35-40,44-45,67H,1,17-20,25-30,32-34,41-43,46-63H2,2-15H3,(H7-,91,92,93,94,95,96,97,98,105,106,107,108,109,110,112,113)/p+1/t67-/m0/s1. The summed E-state index contributed by atoms with van der Waals surface area (Å²) in [5, 5.41) is 34.8. The number of fused-ring (bicyclic) bond motifs is 3. The van der Waals surface area contributed by atoms with E-state index in [1.807, 2.05) is 0 Å². The maximum atomic E-state index is 14.2. The molecule has 3 aliphatic rings. The number of carbonyl (C=O) groups is 11. The number of carbonyl (C=O) groups excluding carboxylic acids is 11. The Morgan fingerprint density at radius 2 is 1.07 bits per heavy atom. The highest BCUT2D eigenvalue weighted by atomic mass is 16.6. The number of unbranched alkanes of at least 4 members (excludes halogenated alkanes) is 6. The largest absolute Gasteiger partial charge is 0.483 e. The molecular weight excluding hydrogens is 1550 g/mol. The van der Waals surface area contributed by atoms with Gasteiger partial charge < -0.3 is 81.1 Å². The van der Waals surface area contributed by atoms with Crippen LogP contribution in [0.25, 0.3) is 0 Å². The van der Waals surface area contributed by atoms with Crippen LogP contribution in [0.3, 0.4) is 0 Å². The summed E-state index contributed by atoms with van der Waals surface area (Å²) in [5.74, 6) is -2.94. The maximum absolute atomic E-state index is 14.2. The second-order valence-electron chi connectivity index (χ2n) is 34.8. The van der Waals surface area contributed by atoms with E-state index >= 15 is 0 Å². The molecule has 0 saturated heterocycles. The van der Waals surface area contributed by atoms with Crippen LogP contribution >= 0.6 is 0 Å². The monoisotopic (exact) mass is 1680 g/mol. The van der Waals surface area contributed by atoms with Crippen LogP contribution in [0.5, 0.6) is 5.75 Å². The first-order chi connectivity index (χ1) is 57.2. The molecule has 0 radical (unpaired) electrons. The molecule has 31 heteroatoms. The molecule has 8 N–H and O–H groups in total. The van der Waals surface area contributed by atoms with E-state index < -0.39 is 76.3 Å². The summed E-state index contributed by atoms with van der Waals surface area (Å²) in [5.41, 5.74) is 4.90. The summed E-state index contributed by atoms with van der Waals surface area (Å²) < 4.78 is 24.8. The lowest BCUT2D eigenvalue weighted by molar-refractivity contribution is -0.401. The molecule has 0 spiro atoms. The quantitative estimate of drug-likeness (QED) is 0.00650. The van der Waals surface area contributed by atoms with Crippen LogP contribution in [0, 0.1) is 10.1 Å². The van der Waals surface area contributed by atoms with E-state index in [-0.39, 0.29) is 142 Å². The van der Waals surface area contributed by atoms with E-state index in [1.165, 1.54) is 57.0 Å². The summed E-state index contributed by atoms with van der Waals surface area (Å²) in [6.45, 7) is 31.9. The summed E-state index contributed by atoms with van der Waals surface area (Å²) >= 11 is 0. The molecule has 121 heavy (non-hydrogen) atoms. The number of ether oxygens (including phenoxy) is 4. The Morgan fingerprint density at radius 1 is 0.562 bits per heavy atom. The number of nitro benzene ring substituents is 1. The first-order valence-corrected chi connectivity index (χ1v) is 42.9. The minimum absolute atomic E-state index is 0.00558. The average Bonchev–Trinajstić information content (AvgIpc) is 1.58. The molecule has 0 saturated carbocycles. The molecule has 0 aromatic heterocycles. The average molecular weight is 1690 g/mol. The number of hydrogen-bond donors (Lipinski definition) is 8. The van der Waals surface area contributed by atoms with Crippen molar-refractivity contribution in [2.75, 3.05) is 109 Å². The van der Waals surface area contributed by atoms with Gasteiger partial charge in [-0.05, 0) is 189 Å². The zero-order chi connectivity index (χ0) is 89.1. The van der Waals surface area contributed by atoms with Gasteiger partial charge in [-0.1, -0.05) is 75.7 Å². The molecule has 11 amide bonds. The Hall–Kier alpha value is -10.9. The first-order valence-electron chi connectivity index (χ1n) is 42.9. The molecular formula is C90H135N14O17+. The Labute approximate surface area is 714 Å². The fourth-order valence-corrected chi connectivity index (χ4v) is 14.6. The molecule has 3 aliphatic heterocycles. The number of nitrogens with zero attached hydrogens (tertiary/aromatic N) is 6. The van der Waals surface area contributed by atoms with Crippen LogP contribution in [0.15, 0.2) is 97.2 Å². The van der Waals surface area contributed by atoms with Gasteiger partial charge in [0.1, 0.15) is 41.3 Å². The van der Waals surface area contributed by atoms with Gasteiger partial charge in [-0.3, -0.25) is 48.5 Å². The predicted molar refractivity (Wildman–Crippen MR) is 467 cm³/mol. The van der Waals surface area contributed by atoms with E-state index in [0.29, 0.717) is 109 Å². The van der Waals surface area contributed by atoms with Gasteiger partial charge in [0.15, 0.2) is 12.3 Å². The molecule has 666 valence electrons. The predicted octanol–water partition coefficient (Wildman–Crippen LogP) is 11.6. The van der Waals surface area contributed by atoms with E-state index in [9.17, 15) is 62.9 Å². The number of alkyl carbamates (subject to hydrolysis) is 1. The van der Waals surface area contributed by atoms with Crippen molar-refractivity contribution in [3.63, 3.8) is 0 Å². The van der Waals surface area contributed by atoms with Gasteiger partial charge in [-0.15, -0.1) is 0 Å². The van der Waals surface area contributed by atoms with Crippen LogP contribution < -0.4 is 57.1 Å². The minimum Gasteiger partial charge on any atom is -0.483 e. The number of nitrogens with one attached hydrogen (secondary N) is 8. The number of allylic oxidation sites excluding steroid dienone is 4. The van der Waals surface area contributed by atoms with Crippen molar-refractivity contribution < 1.29 is 81.2 Å². The van der Waals surface area contributed by atoms with Crippen LogP contribution in [-0.2, 0) is 69.8 Å². The third-order valence-electron chi connectivity index (χ3n) is 20.7. The van der Waals surface area contributed by atoms with Gasteiger partial charge in [0, 0.05) is 163 Å². The van der Waals surface area contributed by atoms with Crippen molar-refractivity contribution >= 4 is 94.0 Å². The zero-order valence-electron chi connectivity index (χ0n) is 74.0. The van der Waals surface area contributed by atoms with Gasteiger partial charge in [0.25, 0.3) is 11.6 Å². The molecule has 3 heterocycles. The van der Waals surface area contributed by atoms with Crippen molar-refractivity contribution in [2.24, 2.45) is 0 Å². The Morgan fingerprint density at radius 3 is 1.67 bits per heavy atom. The van der Waals surface area contributed by atoms with Crippen LogP contribution in [-0.4, -0.2) is 212 Å². The minimum atomic E-state index is -1.16. The van der Waals surface area contributed by atoms with Crippen LogP contribution in [0.1, 0.15) is 229 Å². The van der Waals surface area contributed by atoms with Crippen molar-refractivity contribution in [1.29, 1.82) is 0 Å². The van der Waals surface area contributed by atoms with Crippen molar-refractivity contribution in [1.82, 2.24) is 52.3 Å². The smallest absolute Gasteiger partial charge is 0.410 e. The highest BCUT2D eigenvalue weighted by Gasteiger charge is 2.44. The Kier molecular flexibility index (Phi) is 39.2. The fraction of sp³-hybridized carbons (Fsp3) is 0.600. The molecule has 6 rings (SSSR count). The lowest BCUT2D eigenvalue weighted by atomic mass is 9.81. The Bertz CT molecular complexity index is 4170. The molecule has 0 unspecified atom stereocenters. The molecule has 0 aliphatic carbocycles. The van der Waals surface area contributed by atoms with E-state index in [2.05, 4.69) is 160 Å². The summed E-state index contributed by atoms with van der Waals surface area (Å²) in [7, 11) is 2.12. The second kappa shape index (κ2) is 47.9. The van der Waals surface area contributed by atoms with Gasteiger partial charge in [-0.2, -0.15) is 4.58 Å². The molecule has 0 bridgehead atoms. The number of rotatable bonds is 49. The number of benzene rings is 3. The normalized spacial score (nSPS) is 14.3. The van der Waals surface area contributed by atoms with Crippen LogP contribution in [0.4, 0.5) is 37.1 Å². The number of para-hydroxylation sites is 2. The van der Waals surface area contributed by atoms with Crippen LogP contribution in [0.2, 0.25) is 0 Å². The van der Waals surface area contributed by atoms with Gasteiger partial charge in [0.05, 0.1) is 10.3 Å². The molecule has 0 fully saturated rings. The third kappa shape index (κ3) is 33.2. The molecule has 3 aromatic rings. The third-order valence-corrected chi connectivity index (χ3v) is 20.7. The van der Waals surface area contributed by atoms with Crippen molar-refractivity contribution in [3.8, 4) is 5.75 Å². The SMILES string of the molecule is C=CC(=O)NCCCCCC(=O)N[C@@H](CCC(=O)N1CCc2c(OCC(=O)NCCCCNC(=O)CCC(=O)NCCCN(CCCCN(CCCNC(=O)OC(C)(C)C)C(=O)OC(C)(C)C)C(=O)OC(C)(C)C)ccc([N+](=O)[O-])c21)C(=O)NCCCNC(=O)CCCCCN1/C(=C/C=C/C2=[N+](C)c3ccccc3C2(C)C)C(C)(C)c2ccccc21. The first kappa shape index (κ1) is 98.9. The maximum Gasteiger partial charge on any atom is 0.410 e. The number of hydrogen-bond acceptors (Lipinski definition) is 18. The van der Waals surface area contributed by atoms with E-state index in [1.54, 1.807) is 72.1 Å². The lowest BCUT2D eigenvalue weighted by Gasteiger charge is -2.29. The van der Waals surface area contributed by atoms with Crippen molar-refractivity contribution in [2.45, 2.75) is 252 Å². The summed E-state index contributed by atoms with van der Waals surface area (Å²) in [6, 6.07) is 18.5. The topological polar surface area (TPSA) is 380 Å². The fourth-order valence-electron chi connectivity index (χ4n) is 14.6. The Balaban J connectivity index is 0.897. The zero-order valence-corrected chi connectivity index (χ0v) is 74.0. The molecule has 3 aromatic carbocycles.